The Morgan fingerprint density at radius 1 is 1.17 bits per heavy atom. The summed E-state index contributed by atoms with van der Waals surface area (Å²) in [7, 11) is 0. The lowest BCUT2D eigenvalue weighted by atomic mass is 10.1. The van der Waals surface area contributed by atoms with Crippen molar-refractivity contribution in [1.82, 2.24) is 4.98 Å². The molecule has 2 heterocycles. The highest BCUT2D eigenvalue weighted by molar-refractivity contribution is 5.92. The van der Waals surface area contributed by atoms with E-state index in [0.717, 1.165) is 54.0 Å². The smallest absolute Gasteiger partial charge is 0.119 e. The lowest BCUT2D eigenvalue weighted by molar-refractivity contribution is 0.0788. The van der Waals surface area contributed by atoms with Gasteiger partial charge in [0.05, 0.1) is 23.3 Å². The second kappa shape index (κ2) is 8.50. The van der Waals surface area contributed by atoms with E-state index in [9.17, 15) is 0 Å². The fourth-order valence-corrected chi connectivity index (χ4v) is 3.85. The van der Waals surface area contributed by atoms with Crippen LogP contribution >= 0.6 is 0 Å². The Morgan fingerprint density at radius 3 is 2.76 bits per heavy atom. The predicted octanol–water partition coefficient (Wildman–Crippen LogP) is 4.61. The molecule has 1 aliphatic heterocycles. The Hall–Kier alpha value is -3.10. The van der Waals surface area contributed by atoms with Gasteiger partial charge in [0.1, 0.15) is 12.4 Å². The molecule has 1 aromatic heterocycles. The van der Waals surface area contributed by atoms with Gasteiger partial charge in [-0.2, -0.15) is 5.26 Å². The molecule has 4 rings (SSSR count). The van der Waals surface area contributed by atoms with Gasteiger partial charge in [-0.15, -0.1) is 0 Å². The van der Waals surface area contributed by atoms with Gasteiger partial charge >= 0.3 is 0 Å². The number of hydrogen-bond donors (Lipinski definition) is 0. The molecule has 0 spiro atoms. The van der Waals surface area contributed by atoms with Crippen LogP contribution in [0.4, 0.5) is 5.69 Å². The average molecular weight is 387 g/mol. The van der Waals surface area contributed by atoms with Gasteiger partial charge in [0.2, 0.25) is 0 Å². The summed E-state index contributed by atoms with van der Waals surface area (Å²) >= 11 is 0. The van der Waals surface area contributed by atoms with Crippen molar-refractivity contribution in [3.63, 3.8) is 0 Å². The summed E-state index contributed by atoms with van der Waals surface area (Å²) < 4.78 is 11.7. The number of rotatable bonds is 6. The van der Waals surface area contributed by atoms with Gasteiger partial charge in [-0.1, -0.05) is 12.1 Å². The lowest BCUT2D eigenvalue weighted by Crippen LogP contribution is -2.23. The van der Waals surface area contributed by atoms with E-state index in [1.807, 2.05) is 19.1 Å². The van der Waals surface area contributed by atoms with Crippen molar-refractivity contribution in [3.8, 4) is 11.8 Å². The fourth-order valence-electron chi connectivity index (χ4n) is 3.85. The van der Waals surface area contributed by atoms with Crippen molar-refractivity contribution >= 4 is 16.6 Å². The van der Waals surface area contributed by atoms with Crippen LogP contribution in [0.3, 0.4) is 0 Å². The molecule has 0 aliphatic carbocycles. The largest absolute Gasteiger partial charge is 0.489 e. The van der Waals surface area contributed by atoms with Crippen LogP contribution in [-0.2, 0) is 11.3 Å². The summed E-state index contributed by atoms with van der Waals surface area (Å²) in [6, 6.07) is 17.8. The molecule has 148 valence electrons. The molecule has 5 nitrogen and oxygen atoms in total. The van der Waals surface area contributed by atoms with Gasteiger partial charge in [0.25, 0.3) is 0 Å². The molecule has 0 radical (unpaired) electrons. The van der Waals surface area contributed by atoms with Crippen molar-refractivity contribution in [2.24, 2.45) is 0 Å². The topological polar surface area (TPSA) is 58.4 Å². The number of aryl methyl sites for hydroxylation is 1. The maximum Gasteiger partial charge on any atom is 0.119 e. The fraction of sp³-hybridized carbons (Fsp3) is 0.333. The van der Waals surface area contributed by atoms with Crippen LogP contribution in [0, 0.1) is 18.3 Å². The van der Waals surface area contributed by atoms with E-state index < -0.39 is 0 Å². The molecule has 0 amide bonds. The Balaban J connectivity index is 1.54. The molecule has 29 heavy (non-hydrogen) atoms. The van der Waals surface area contributed by atoms with Crippen molar-refractivity contribution in [2.75, 3.05) is 24.6 Å². The second-order valence-corrected chi connectivity index (χ2v) is 7.37. The van der Waals surface area contributed by atoms with E-state index in [0.29, 0.717) is 18.3 Å². The zero-order chi connectivity index (χ0) is 20.2. The summed E-state index contributed by atoms with van der Waals surface area (Å²) in [5, 5.41) is 10.1. The SMILES string of the molecule is CCO[C@H]1CCN(c2cc(C)nc3cc(COc4ccc(C#N)cc4)ccc23)C1. The van der Waals surface area contributed by atoms with Crippen LogP contribution in [0.25, 0.3) is 10.9 Å². The second-order valence-electron chi connectivity index (χ2n) is 7.37. The monoisotopic (exact) mass is 387 g/mol. The molecule has 0 N–H and O–H groups in total. The number of fused-ring (bicyclic) bond motifs is 1. The first kappa shape index (κ1) is 19.2. The number of benzene rings is 2. The van der Waals surface area contributed by atoms with E-state index >= 15 is 0 Å². The van der Waals surface area contributed by atoms with Crippen LogP contribution < -0.4 is 9.64 Å². The van der Waals surface area contributed by atoms with Gasteiger partial charge < -0.3 is 14.4 Å². The third kappa shape index (κ3) is 4.33. The summed E-state index contributed by atoms with van der Waals surface area (Å²) in [6.07, 6.45) is 1.37. The minimum absolute atomic E-state index is 0.309. The first-order valence-electron chi connectivity index (χ1n) is 10.1. The summed E-state index contributed by atoms with van der Waals surface area (Å²) in [4.78, 5) is 7.16. The molecular formula is C24H25N3O2. The van der Waals surface area contributed by atoms with Gasteiger partial charge in [-0.05, 0) is 62.2 Å². The number of nitriles is 1. The Morgan fingerprint density at radius 2 is 2.00 bits per heavy atom. The molecule has 1 fully saturated rings. The van der Waals surface area contributed by atoms with Gasteiger partial charge in [0.15, 0.2) is 0 Å². The Kier molecular flexibility index (Phi) is 5.64. The molecular weight excluding hydrogens is 362 g/mol. The number of aromatic nitrogens is 1. The third-order valence-corrected chi connectivity index (χ3v) is 5.26. The van der Waals surface area contributed by atoms with Crippen LogP contribution in [0.5, 0.6) is 5.75 Å². The highest BCUT2D eigenvalue weighted by atomic mass is 16.5. The molecule has 5 heteroatoms. The van der Waals surface area contributed by atoms with Gasteiger partial charge in [-0.25, -0.2) is 0 Å². The zero-order valence-corrected chi connectivity index (χ0v) is 16.9. The molecule has 1 atom stereocenters. The minimum Gasteiger partial charge on any atom is -0.489 e. The molecule has 0 unspecified atom stereocenters. The van der Waals surface area contributed by atoms with E-state index in [2.05, 4.69) is 42.2 Å². The molecule has 0 bridgehead atoms. The van der Waals surface area contributed by atoms with Crippen molar-refractivity contribution in [1.29, 1.82) is 5.26 Å². The van der Waals surface area contributed by atoms with E-state index in [1.165, 1.54) is 5.69 Å². The number of nitrogens with zero attached hydrogens (tertiary/aromatic N) is 3. The lowest BCUT2D eigenvalue weighted by Gasteiger charge is -2.21. The first-order valence-corrected chi connectivity index (χ1v) is 10.1. The highest BCUT2D eigenvalue weighted by Gasteiger charge is 2.24. The number of pyridine rings is 1. The maximum absolute atomic E-state index is 8.89. The molecule has 1 saturated heterocycles. The van der Waals surface area contributed by atoms with Crippen LogP contribution in [0.2, 0.25) is 0 Å². The average Bonchev–Trinajstić information content (AvgIpc) is 3.20. The molecule has 3 aromatic rings. The van der Waals surface area contributed by atoms with E-state index in [4.69, 9.17) is 19.7 Å². The predicted molar refractivity (Wildman–Crippen MR) is 114 cm³/mol. The number of anilines is 1. The van der Waals surface area contributed by atoms with Gasteiger partial charge in [-0.3, -0.25) is 4.98 Å². The Bertz CT molecular complexity index is 1040. The van der Waals surface area contributed by atoms with Crippen LogP contribution in [0.15, 0.2) is 48.5 Å². The zero-order valence-electron chi connectivity index (χ0n) is 16.9. The standard InChI is InChI=1S/C24H25N3O2/c1-3-28-21-10-11-27(15-21)24-12-17(2)26-23-13-19(6-9-22(23)24)16-29-20-7-4-18(14-25)5-8-20/h4-9,12-13,21H,3,10-11,15-16H2,1-2H3/t21-/m0/s1. The van der Waals surface area contributed by atoms with E-state index in [-0.39, 0.29) is 0 Å². The van der Waals surface area contributed by atoms with Crippen LogP contribution in [-0.4, -0.2) is 30.8 Å². The number of ether oxygens (including phenoxy) is 2. The van der Waals surface area contributed by atoms with Crippen molar-refractivity contribution in [3.05, 3.63) is 65.4 Å². The Labute approximate surface area is 171 Å². The summed E-state index contributed by atoms with van der Waals surface area (Å²) in [5.41, 5.74) is 4.93. The molecule has 0 saturated carbocycles. The number of hydrogen-bond acceptors (Lipinski definition) is 5. The van der Waals surface area contributed by atoms with E-state index in [1.54, 1.807) is 12.1 Å². The van der Waals surface area contributed by atoms with Crippen molar-refractivity contribution < 1.29 is 9.47 Å². The highest BCUT2D eigenvalue weighted by Crippen LogP contribution is 2.31. The maximum atomic E-state index is 8.89. The van der Waals surface area contributed by atoms with Crippen LogP contribution in [0.1, 0.15) is 30.2 Å². The quantitative estimate of drug-likeness (QED) is 0.618. The third-order valence-electron chi connectivity index (χ3n) is 5.26. The summed E-state index contributed by atoms with van der Waals surface area (Å²) in [6.45, 7) is 7.25. The molecule has 1 aliphatic rings. The van der Waals surface area contributed by atoms with Crippen molar-refractivity contribution in [2.45, 2.75) is 33.0 Å². The van der Waals surface area contributed by atoms with Gasteiger partial charge in [0, 0.05) is 36.5 Å². The normalized spacial score (nSPS) is 16.2. The minimum atomic E-state index is 0.309. The molecule has 2 aromatic carbocycles. The first-order chi connectivity index (χ1) is 14.2. The summed E-state index contributed by atoms with van der Waals surface area (Å²) in [5.74, 6) is 0.751.